The Labute approximate surface area is 180 Å². The molecule has 0 bridgehead atoms. The second-order valence-corrected chi connectivity index (χ2v) is 7.63. The molecule has 0 saturated carbocycles. The summed E-state index contributed by atoms with van der Waals surface area (Å²) in [5.41, 5.74) is 3.26. The van der Waals surface area contributed by atoms with Crippen molar-refractivity contribution < 1.29 is 28.8 Å². The molecule has 0 radical (unpaired) electrons. The molecule has 2 aliphatic rings. The Hall–Kier alpha value is -3.39. The molecule has 2 aliphatic heterocycles. The number of urea groups is 1. The largest absolute Gasteiger partial charge is 0.493 e. The molecule has 2 atom stereocenters. The first-order valence-corrected chi connectivity index (χ1v) is 10.3. The quantitative estimate of drug-likeness (QED) is 0.553. The molecule has 2 heterocycles. The van der Waals surface area contributed by atoms with Crippen LogP contribution in [0, 0.1) is 0 Å². The highest BCUT2D eigenvalue weighted by Crippen LogP contribution is 2.36. The number of ether oxygens (including phenoxy) is 2. The molecule has 2 aromatic rings. The summed E-state index contributed by atoms with van der Waals surface area (Å²) in [4.78, 5) is 40.4. The van der Waals surface area contributed by atoms with E-state index in [4.69, 9.17) is 9.47 Å². The maximum atomic E-state index is 12.7. The number of fused-ring (bicyclic) bond motifs is 1. The molecule has 1 N–H and O–H groups in total. The third-order valence-corrected chi connectivity index (χ3v) is 6.03. The first-order chi connectivity index (χ1) is 15.0. The minimum atomic E-state index is -0.760. The number of imide groups is 2. The average Bonchev–Trinajstić information content (AvgIpc) is 3.00. The number of nitrogens with one attached hydrogen (secondary N) is 1. The normalized spacial score (nSPS) is 20.8. The predicted octanol–water partition coefficient (Wildman–Crippen LogP) is 1.00. The van der Waals surface area contributed by atoms with Gasteiger partial charge < -0.3 is 14.4 Å². The van der Waals surface area contributed by atoms with E-state index in [2.05, 4.69) is 0 Å². The number of methoxy groups -OCH3 is 2. The summed E-state index contributed by atoms with van der Waals surface area (Å²) in [6.07, 6.45) is 0.746. The molecule has 31 heavy (non-hydrogen) atoms. The van der Waals surface area contributed by atoms with Crippen molar-refractivity contribution in [2.45, 2.75) is 19.4 Å². The summed E-state index contributed by atoms with van der Waals surface area (Å²) in [5.74, 6) is -0.217. The molecule has 8 nitrogen and oxygen atoms in total. The van der Waals surface area contributed by atoms with Crippen molar-refractivity contribution in [3.63, 3.8) is 0 Å². The third kappa shape index (κ3) is 3.53. The van der Waals surface area contributed by atoms with Gasteiger partial charge in [0.15, 0.2) is 18.2 Å². The van der Waals surface area contributed by atoms with Crippen LogP contribution >= 0.6 is 0 Å². The fraction of sp³-hybridized carbons (Fsp3) is 0.348. The van der Waals surface area contributed by atoms with Crippen molar-refractivity contribution in [3.05, 3.63) is 59.2 Å². The van der Waals surface area contributed by atoms with E-state index in [1.165, 1.54) is 0 Å². The van der Waals surface area contributed by atoms with Gasteiger partial charge in [0.25, 0.3) is 0 Å². The predicted molar refractivity (Wildman–Crippen MR) is 112 cm³/mol. The second kappa shape index (κ2) is 8.39. The van der Waals surface area contributed by atoms with E-state index in [-0.39, 0.29) is 19.3 Å². The zero-order valence-electron chi connectivity index (χ0n) is 17.9. The van der Waals surface area contributed by atoms with Gasteiger partial charge in [-0.15, -0.1) is 0 Å². The van der Waals surface area contributed by atoms with E-state index in [1.54, 1.807) is 21.1 Å². The van der Waals surface area contributed by atoms with Crippen molar-refractivity contribution in [1.82, 2.24) is 9.80 Å². The van der Waals surface area contributed by atoms with Crippen LogP contribution in [-0.4, -0.2) is 61.6 Å². The monoisotopic (exact) mass is 424 g/mol. The summed E-state index contributed by atoms with van der Waals surface area (Å²) in [6, 6.07) is 13.3. The number of benzene rings is 2. The van der Waals surface area contributed by atoms with Crippen LogP contribution in [-0.2, 0) is 16.0 Å². The topological polar surface area (TPSA) is 80.6 Å². The van der Waals surface area contributed by atoms with Crippen LogP contribution in [0.15, 0.2) is 42.5 Å². The molecule has 1 saturated heterocycles. The Kier molecular flexibility index (Phi) is 5.65. The molecular formula is C23H26N3O5+. The van der Waals surface area contributed by atoms with Gasteiger partial charge in [0, 0.05) is 24.1 Å². The van der Waals surface area contributed by atoms with Crippen molar-refractivity contribution in [2.75, 3.05) is 34.0 Å². The molecule has 2 aromatic carbocycles. The van der Waals surface area contributed by atoms with Crippen LogP contribution in [0.2, 0.25) is 0 Å². The lowest BCUT2D eigenvalue weighted by molar-refractivity contribution is -0.934. The molecule has 4 amide bonds. The van der Waals surface area contributed by atoms with Crippen molar-refractivity contribution in [2.24, 2.45) is 0 Å². The third-order valence-electron chi connectivity index (χ3n) is 6.03. The summed E-state index contributed by atoms with van der Waals surface area (Å²) >= 11 is 0. The van der Waals surface area contributed by atoms with Crippen LogP contribution in [0.4, 0.5) is 4.79 Å². The number of nitrogens with zero attached hydrogens (tertiary/aromatic N) is 2. The van der Waals surface area contributed by atoms with E-state index in [0.29, 0.717) is 18.0 Å². The number of carbonyl (C=O) groups is 3. The van der Waals surface area contributed by atoms with Gasteiger partial charge in [-0.05, 0) is 24.6 Å². The van der Waals surface area contributed by atoms with Crippen LogP contribution in [0.5, 0.6) is 11.5 Å². The highest BCUT2D eigenvalue weighted by molar-refractivity contribution is 6.44. The maximum absolute atomic E-state index is 12.7. The summed E-state index contributed by atoms with van der Waals surface area (Å²) in [7, 11) is 3.21. The first-order valence-electron chi connectivity index (χ1n) is 10.3. The van der Waals surface area contributed by atoms with Gasteiger partial charge >= 0.3 is 17.8 Å². The standard InChI is InChI=1S/C23H25N3O5/c1-4-25-21(27)22(28)26(23(25)29)14-24-11-10-16-12-18(30-2)19(31-3)13-17(16)20(24)15-8-6-5-7-9-15/h5-9,12-13,20H,4,10-11,14H2,1-3H3/p+1/t20-/m1/s1. The van der Waals surface area contributed by atoms with E-state index in [9.17, 15) is 14.4 Å². The van der Waals surface area contributed by atoms with Crippen LogP contribution in [0.1, 0.15) is 29.7 Å². The van der Waals surface area contributed by atoms with Gasteiger partial charge in [0.1, 0.15) is 6.04 Å². The van der Waals surface area contributed by atoms with Gasteiger partial charge in [0.05, 0.1) is 20.8 Å². The lowest BCUT2D eigenvalue weighted by atomic mass is 9.88. The van der Waals surface area contributed by atoms with E-state index in [1.807, 2.05) is 42.5 Å². The highest BCUT2D eigenvalue weighted by atomic mass is 16.5. The van der Waals surface area contributed by atoms with E-state index in [0.717, 1.165) is 37.8 Å². The molecule has 1 fully saturated rings. The van der Waals surface area contributed by atoms with E-state index >= 15 is 0 Å². The summed E-state index contributed by atoms with van der Waals surface area (Å²) in [6.45, 7) is 2.67. The first kappa shape index (κ1) is 20.9. The van der Waals surface area contributed by atoms with Crippen LogP contribution in [0.25, 0.3) is 0 Å². The molecule has 4 rings (SSSR count). The van der Waals surface area contributed by atoms with Crippen LogP contribution < -0.4 is 14.4 Å². The number of amides is 4. The molecule has 1 unspecified atom stereocenters. The second-order valence-electron chi connectivity index (χ2n) is 7.63. The number of hydrogen-bond acceptors (Lipinski definition) is 5. The number of carbonyl (C=O) groups excluding carboxylic acids is 3. The Morgan fingerprint density at radius 2 is 1.61 bits per heavy atom. The SMILES string of the molecule is CCN1C(=O)C(=O)N(C[NH+]2CCc3cc(OC)c(OC)cc3[C@H]2c2ccccc2)C1=O. The Balaban J connectivity index is 1.75. The smallest absolute Gasteiger partial charge is 0.338 e. The fourth-order valence-electron chi connectivity index (χ4n) is 4.48. The number of likely N-dealkylation sites (N-methyl/N-ethyl adjacent to an activating group) is 1. The van der Waals surface area contributed by atoms with E-state index < -0.39 is 17.8 Å². The number of rotatable bonds is 6. The lowest BCUT2D eigenvalue weighted by Gasteiger charge is -2.36. The van der Waals surface area contributed by atoms with Crippen molar-refractivity contribution in [3.8, 4) is 11.5 Å². The zero-order valence-corrected chi connectivity index (χ0v) is 17.9. The molecule has 0 aromatic heterocycles. The van der Waals surface area contributed by atoms with Gasteiger partial charge in [-0.2, -0.15) is 0 Å². The summed E-state index contributed by atoms with van der Waals surface area (Å²) in [5, 5.41) is 0. The minimum absolute atomic E-state index is 0.118. The molecule has 8 heteroatoms. The lowest BCUT2D eigenvalue weighted by Crippen LogP contribution is -3.15. The fourth-order valence-corrected chi connectivity index (χ4v) is 4.48. The minimum Gasteiger partial charge on any atom is -0.493 e. The maximum Gasteiger partial charge on any atom is 0.338 e. The van der Waals surface area contributed by atoms with Gasteiger partial charge in [-0.1, -0.05) is 30.3 Å². The summed E-state index contributed by atoms with van der Waals surface area (Å²) < 4.78 is 11.0. The van der Waals surface area contributed by atoms with Gasteiger partial charge in [-0.25, -0.2) is 9.69 Å². The number of hydrogen-bond donors (Lipinski definition) is 1. The van der Waals surface area contributed by atoms with Crippen molar-refractivity contribution >= 4 is 17.8 Å². The molecule has 0 spiro atoms. The highest BCUT2D eigenvalue weighted by Gasteiger charge is 2.47. The zero-order chi connectivity index (χ0) is 22.1. The molecule has 0 aliphatic carbocycles. The Morgan fingerprint density at radius 1 is 0.968 bits per heavy atom. The Morgan fingerprint density at radius 3 is 2.23 bits per heavy atom. The average molecular weight is 424 g/mol. The molecule has 162 valence electrons. The van der Waals surface area contributed by atoms with Gasteiger partial charge in [-0.3, -0.25) is 14.5 Å². The number of quaternary nitrogens is 1. The van der Waals surface area contributed by atoms with Crippen molar-refractivity contribution in [1.29, 1.82) is 0 Å². The molecular weight excluding hydrogens is 398 g/mol. The Bertz CT molecular complexity index is 1020. The van der Waals surface area contributed by atoms with Gasteiger partial charge in [0.2, 0.25) is 0 Å². The van der Waals surface area contributed by atoms with Crippen LogP contribution in [0.3, 0.4) is 0 Å².